The van der Waals surface area contributed by atoms with Gasteiger partial charge in [0, 0.05) is 0 Å². The second-order valence-corrected chi connectivity index (χ2v) is 4.04. The summed E-state index contributed by atoms with van der Waals surface area (Å²) in [7, 11) is 0. The quantitative estimate of drug-likeness (QED) is 0.451. The van der Waals surface area contributed by atoms with Crippen molar-refractivity contribution in [2.75, 3.05) is 0 Å². The molecule has 0 aromatic rings. The SMILES string of the molecule is CCCCC/C(=C/C1CC1)C(C)=O. The van der Waals surface area contributed by atoms with E-state index in [0.29, 0.717) is 0 Å². The Balaban J connectivity index is 2.33. The van der Waals surface area contributed by atoms with Crippen molar-refractivity contribution in [2.45, 2.75) is 52.4 Å². The smallest absolute Gasteiger partial charge is 0.155 e. The van der Waals surface area contributed by atoms with Gasteiger partial charge in [-0.3, -0.25) is 4.79 Å². The van der Waals surface area contributed by atoms with Gasteiger partial charge in [-0.15, -0.1) is 0 Å². The Labute approximate surface area is 81.2 Å². The molecule has 0 bridgehead atoms. The molecule has 1 rings (SSSR count). The Hall–Kier alpha value is -0.590. The number of carbonyl (C=O) groups excluding carboxylic acids is 1. The van der Waals surface area contributed by atoms with Crippen LogP contribution in [-0.4, -0.2) is 5.78 Å². The lowest BCUT2D eigenvalue weighted by molar-refractivity contribution is -0.113. The van der Waals surface area contributed by atoms with E-state index in [9.17, 15) is 4.79 Å². The van der Waals surface area contributed by atoms with E-state index in [-0.39, 0.29) is 5.78 Å². The van der Waals surface area contributed by atoms with Gasteiger partial charge in [-0.1, -0.05) is 25.8 Å². The van der Waals surface area contributed by atoms with Crippen LogP contribution < -0.4 is 0 Å². The predicted molar refractivity (Wildman–Crippen MR) is 55.6 cm³/mol. The van der Waals surface area contributed by atoms with Crippen LogP contribution in [0.1, 0.15) is 52.4 Å². The minimum Gasteiger partial charge on any atom is -0.295 e. The molecule has 0 atom stereocenters. The van der Waals surface area contributed by atoms with Gasteiger partial charge in [0.1, 0.15) is 0 Å². The molecule has 0 aromatic heterocycles. The number of ketones is 1. The van der Waals surface area contributed by atoms with Crippen molar-refractivity contribution in [1.29, 1.82) is 0 Å². The molecule has 1 aliphatic rings. The Kier molecular flexibility index (Phi) is 4.20. The maximum Gasteiger partial charge on any atom is 0.155 e. The second kappa shape index (κ2) is 5.21. The van der Waals surface area contributed by atoms with E-state index in [1.54, 1.807) is 6.92 Å². The lowest BCUT2D eigenvalue weighted by Gasteiger charge is -2.02. The summed E-state index contributed by atoms with van der Waals surface area (Å²) >= 11 is 0. The number of rotatable bonds is 6. The number of allylic oxidation sites excluding steroid dienone is 2. The van der Waals surface area contributed by atoms with Crippen molar-refractivity contribution in [3.63, 3.8) is 0 Å². The van der Waals surface area contributed by atoms with Crippen molar-refractivity contribution in [2.24, 2.45) is 5.92 Å². The van der Waals surface area contributed by atoms with Gasteiger partial charge in [0.2, 0.25) is 0 Å². The Morgan fingerprint density at radius 3 is 2.54 bits per heavy atom. The normalized spacial score (nSPS) is 17.5. The first kappa shape index (κ1) is 10.5. The zero-order valence-corrected chi connectivity index (χ0v) is 8.81. The molecule has 0 saturated heterocycles. The lowest BCUT2D eigenvalue weighted by atomic mass is 10.0. The van der Waals surface area contributed by atoms with Crippen molar-refractivity contribution in [1.82, 2.24) is 0 Å². The third kappa shape index (κ3) is 4.25. The van der Waals surface area contributed by atoms with E-state index in [1.165, 1.54) is 32.1 Å². The van der Waals surface area contributed by atoms with Crippen molar-refractivity contribution >= 4 is 5.78 Å². The highest BCUT2D eigenvalue weighted by molar-refractivity contribution is 5.93. The third-order valence-electron chi connectivity index (χ3n) is 2.56. The van der Waals surface area contributed by atoms with E-state index in [1.807, 2.05) is 0 Å². The van der Waals surface area contributed by atoms with Gasteiger partial charge in [0.25, 0.3) is 0 Å². The van der Waals surface area contributed by atoms with E-state index < -0.39 is 0 Å². The summed E-state index contributed by atoms with van der Waals surface area (Å²) in [4.78, 5) is 11.2. The first-order valence-corrected chi connectivity index (χ1v) is 5.45. The number of hydrogen-bond acceptors (Lipinski definition) is 1. The molecule has 0 radical (unpaired) electrons. The fourth-order valence-corrected chi connectivity index (χ4v) is 1.49. The van der Waals surface area contributed by atoms with Crippen LogP contribution in [0.4, 0.5) is 0 Å². The minimum absolute atomic E-state index is 0.281. The highest BCUT2D eigenvalue weighted by Gasteiger charge is 2.20. The van der Waals surface area contributed by atoms with E-state index in [0.717, 1.165) is 17.9 Å². The summed E-state index contributed by atoms with van der Waals surface area (Å²) in [6.45, 7) is 3.89. The molecule has 1 fully saturated rings. The van der Waals surface area contributed by atoms with Crippen LogP contribution in [0, 0.1) is 5.92 Å². The standard InChI is InChI=1S/C12H20O/c1-3-4-5-6-12(10(2)13)9-11-7-8-11/h9,11H,3-8H2,1-2H3/b12-9-. The topological polar surface area (TPSA) is 17.1 Å². The molecular formula is C12H20O. The fraction of sp³-hybridized carbons (Fsp3) is 0.750. The van der Waals surface area contributed by atoms with Crippen molar-refractivity contribution in [3.05, 3.63) is 11.6 Å². The summed E-state index contributed by atoms with van der Waals surface area (Å²) in [5.41, 5.74) is 1.08. The highest BCUT2D eigenvalue weighted by atomic mass is 16.1. The minimum atomic E-state index is 0.281. The first-order chi connectivity index (χ1) is 6.24. The molecule has 74 valence electrons. The molecule has 0 spiro atoms. The van der Waals surface area contributed by atoms with Gasteiger partial charge in [-0.2, -0.15) is 0 Å². The molecule has 0 amide bonds. The number of Topliss-reactive ketones (excluding diaryl/α,β-unsaturated/α-hetero) is 1. The van der Waals surface area contributed by atoms with Crippen LogP contribution in [0.5, 0.6) is 0 Å². The third-order valence-corrected chi connectivity index (χ3v) is 2.56. The Bertz CT molecular complexity index is 199. The largest absolute Gasteiger partial charge is 0.295 e. The van der Waals surface area contributed by atoms with Gasteiger partial charge in [0.15, 0.2) is 5.78 Å². The van der Waals surface area contributed by atoms with Gasteiger partial charge in [-0.25, -0.2) is 0 Å². The summed E-state index contributed by atoms with van der Waals surface area (Å²) < 4.78 is 0. The van der Waals surface area contributed by atoms with Crippen LogP contribution in [0.25, 0.3) is 0 Å². The van der Waals surface area contributed by atoms with Crippen LogP contribution in [0.3, 0.4) is 0 Å². The summed E-state index contributed by atoms with van der Waals surface area (Å²) in [5.74, 6) is 1.02. The fourth-order valence-electron chi connectivity index (χ4n) is 1.49. The second-order valence-electron chi connectivity index (χ2n) is 4.04. The molecule has 0 N–H and O–H groups in total. The van der Waals surface area contributed by atoms with Crippen molar-refractivity contribution < 1.29 is 4.79 Å². The Morgan fingerprint density at radius 2 is 2.08 bits per heavy atom. The molecule has 13 heavy (non-hydrogen) atoms. The summed E-state index contributed by atoms with van der Waals surface area (Å²) in [6.07, 6.45) is 9.45. The van der Waals surface area contributed by atoms with Crippen LogP contribution in [-0.2, 0) is 4.79 Å². The van der Waals surface area contributed by atoms with Gasteiger partial charge in [-0.05, 0) is 44.1 Å². The van der Waals surface area contributed by atoms with Crippen LogP contribution >= 0.6 is 0 Å². The first-order valence-electron chi connectivity index (χ1n) is 5.45. The van der Waals surface area contributed by atoms with Gasteiger partial charge < -0.3 is 0 Å². The number of carbonyl (C=O) groups is 1. The molecule has 0 aromatic carbocycles. The maximum atomic E-state index is 11.2. The molecule has 1 saturated carbocycles. The van der Waals surface area contributed by atoms with Crippen molar-refractivity contribution in [3.8, 4) is 0 Å². The zero-order chi connectivity index (χ0) is 9.68. The lowest BCUT2D eigenvalue weighted by Crippen LogP contribution is -1.97. The van der Waals surface area contributed by atoms with Gasteiger partial charge in [0.05, 0.1) is 0 Å². The molecule has 0 heterocycles. The summed E-state index contributed by atoms with van der Waals surface area (Å²) in [6, 6.07) is 0. The molecule has 0 aliphatic heterocycles. The van der Waals surface area contributed by atoms with E-state index >= 15 is 0 Å². The number of unbranched alkanes of at least 4 members (excludes halogenated alkanes) is 2. The van der Waals surface area contributed by atoms with Gasteiger partial charge >= 0.3 is 0 Å². The monoisotopic (exact) mass is 180 g/mol. The molecule has 1 heteroatoms. The van der Waals surface area contributed by atoms with E-state index in [4.69, 9.17) is 0 Å². The van der Waals surface area contributed by atoms with Crippen LogP contribution in [0.2, 0.25) is 0 Å². The average Bonchev–Trinajstić information content (AvgIpc) is 2.86. The number of hydrogen-bond donors (Lipinski definition) is 0. The predicted octanol–water partition coefficient (Wildman–Crippen LogP) is 3.49. The molecule has 1 nitrogen and oxygen atoms in total. The average molecular weight is 180 g/mol. The van der Waals surface area contributed by atoms with E-state index in [2.05, 4.69) is 13.0 Å². The zero-order valence-electron chi connectivity index (χ0n) is 8.81. The summed E-state index contributed by atoms with van der Waals surface area (Å²) in [5, 5.41) is 0. The molecule has 0 unspecified atom stereocenters. The maximum absolute atomic E-state index is 11.2. The highest BCUT2D eigenvalue weighted by Crippen LogP contribution is 2.32. The molecule has 1 aliphatic carbocycles. The van der Waals surface area contributed by atoms with Crippen LogP contribution in [0.15, 0.2) is 11.6 Å². The Morgan fingerprint density at radius 1 is 1.38 bits per heavy atom. The molecular weight excluding hydrogens is 160 g/mol.